The van der Waals surface area contributed by atoms with E-state index < -0.39 is 0 Å². The zero-order valence-electron chi connectivity index (χ0n) is 11.1. The molecule has 0 spiro atoms. The summed E-state index contributed by atoms with van der Waals surface area (Å²) in [5.41, 5.74) is 0.503. The number of benzene rings is 1. The van der Waals surface area contributed by atoms with Crippen LogP contribution in [0.1, 0.15) is 16.8 Å². The quantitative estimate of drug-likeness (QED) is 0.874. The third-order valence-electron chi connectivity index (χ3n) is 3.04. The maximum atomic E-state index is 12.2. The summed E-state index contributed by atoms with van der Waals surface area (Å²) in [6, 6.07) is 5.48. The molecule has 1 unspecified atom stereocenters. The molecule has 0 saturated carbocycles. The predicted octanol–water partition coefficient (Wildman–Crippen LogP) is 1.22. The van der Waals surface area contributed by atoms with Crippen LogP contribution in [0.15, 0.2) is 18.2 Å². The molecular formula is C13H19ClN2O3. The molecule has 1 fully saturated rings. The molecule has 0 bridgehead atoms. The summed E-state index contributed by atoms with van der Waals surface area (Å²) in [4.78, 5) is 12.2. The maximum absolute atomic E-state index is 12.2. The Bertz CT molecular complexity index is 434. The molecule has 19 heavy (non-hydrogen) atoms. The standard InChI is InChI=1S/C13H18N2O3.ClH/c1-17-11-5-3-4-10(12(11)18-2)13(16)15-9-6-7-14-8-9;/h3-5,9,14H,6-8H2,1-2H3,(H,15,16);1H. The van der Waals surface area contributed by atoms with Gasteiger partial charge in [0.2, 0.25) is 0 Å². The summed E-state index contributed by atoms with van der Waals surface area (Å²) in [5.74, 6) is 0.914. The largest absolute Gasteiger partial charge is 0.493 e. The van der Waals surface area contributed by atoms with E-state index in [1.54, 1.807) is 25.3 Å². The van der Waals surface area contributed by atoms with Crippen LogP contribution in [0.5, 0.6) is 11.5 Å². The summed E-state index contributed by atoms with van der Waals surface area (Å²) < 4.78 is 10.4. The second kappa shape index (κ2) is 7.21. The van der Waals surface area contributed by atoms with Crippen LogP contribution in [-0.2, 0) is 0 Å². The second-order valence-corrected chi connectivity index (χ2v) is 4.20. The lowest BCUT2D eigenvalue weighted by atomic mass is 10.1. The first-order valence-electron chi connectivity index (χ1n) is 5.99. The predicted molar refractivity (Wildman–Crippen MR) is 75.5 cm³/mol. The number of nitrogens with one attached hydrogen (secondary N) is 2. The molecule has 6 heteroatoms. The van der Waals surface area contributed by atoms with Crippen molar-refractivity contribution in [2.24, 2.45) is 0 Å². The van der Waals surface area contributed by atoms with Gasteiger partial charge in [-0.2, -0.15) is 0 Å². The zero-order chi connectivity index (χ0) is 13.0. The zero-order valence-corrected chi connectivity index (χ0v) is 11.9. The minimum Gasteiger partial charge on any atom is -0.493 e. The van der Waals surface area contributed by atoms with Gasteiger partial charge in [0.05, 0.1) is 19.8 Å². The van der Waals surface area contributed by atoms with Crippen molar-refractivity contribution < 1.29 is 14.3 Å². The molecule has 1 heterocycles. The van der Waals surface area contributed by atoms with Gasteiger partial charge in [0.1, 0.15) is 0 Å². The van der Waals surface area contributed by atoms with Crippen molar-refractivity contribution in [3.8, 4) is 11.5 Å². The van der Waals surface area contributed by atoms with Crippen LogP contribution in [0.2, 0.25) is 0 Å². The molecule has 0 aliphatic carbocycles. The van der Waals surface area contributed by atoms with Crippen molar-refractivity contribution >= 4 is 18.3 Å². The summed E-state index contributed by atoms with van der Waals surface area (Å²) >= 11 is 0. The van der Waals surface area contributed by atoms with Crippen molar-refractivity contribution in [2.45, 2.75) is 12.5 Å². The van der Waals surface area contributed by atoms with E-state index in [0.717, 1.165) is 19.5 Å². The fraction of sp³-hybridized carbons (Fsp3) is 0.462. The normalized spacial score (nSPS) is 17.5. The number of halogens is 1. The van der Waals surface area contributed by atoms with E-state index in [2.05, 4.69) is 10.6 Å². The van der Waals surface area contributed by atoms with E-state index in [4.69, 9.17) is 9.47 Å². The summed E-state index contributed by atoms with van der Waals surface area (Å²) in [7, 11) is 3.09. The summed E-state index contributed by atoms with van der Waals surface area (Å²) in [6.07, 6.45) is 0.956. The number of carbonyl (C=O) groups excluding carboxylic acids is 1. The molecule has 1 aliphatic rings. The van der Waals surface area contributed by atoms with Crippen LogP contribution in [-0.4, -0.2) is 39.3 Å². The average Bonchev–Trinajstić information content (AvgIpc) is 2.90. The fourth-order valence-corrected chi connectivity index (χ4v) is 2.11. The van der Waals surface area contributed by atoms with Crippen LogP contribution in [0.4, 0.5) is 0 Å². The lowest BCUT2D eigenvalue weighted by molar-refractivity contribution is 0.0936. The lowest BCUT2D eigenvalue weighted by Crippen LogP contribution is -2.36. The van der Waals surface area contributed by atoms with Gasteiger partial charge in [-0.15, -0.1) is 12.4 Å². The van der Waals surface area contributed by atoms with E-state index in [0.29, 0.717) is 17.1 Å². The molecule has 0 aromatic heterocycles. The first kappa shape index (κ1) is 15.6. The highest BCUT2D eigenvalue weighted by atomic mass is 35.5. The second-order valence-electron chi connectivity index (χ2n) is 4.20. The molecule has 2 rings (SSSR count). The number of rotatable bonds is 4. The molecule has 5 nitrogen and oxygen atoms in total. The Morgan fingerprint density at radius 1 is 1.37 bits per heavy atom. The van der Waals surface area contributed by atoms with E-state index >= 15 is 0 Å². The third-order valence-corrected chi connectivity index (χ3v) is 3.04. The number of methoxy groups -OCH3 is 2. The smallest absolute Gasteiger partial charge is 0.255 e. The lowest BCUT2D eigenvalue weighted by Gasteiger charge is -2.15. The number of hydrogen-bond donors (Lipinski definition) is 2. The highest BCUT2D eigenvalue weighted by Crippen LogP contribution is 2.30. The topological polar surface area (TPSA) is 59.6 Å². The molecule has 1 atom stereocenters. The van der Waals surface area contributed by atoms with Crippen molar-refractivity contribution in [3.63, 3.8) is 0 Å². The van der Waals surface area contributed by atoms with E-state index in [1.807, 2.05) is 0 Å². The molecule has 1 aromatic carbocycles. The first-order chi connectivity index (χ1) is 8.76. The Morgan fingerprint density at radius 3 is 2.74 bits per heavy atom. The number of carbonyl (C=O) groups is 1. The Balaban J connectivity index is 0.00000180. The monoisotopic (exact) mass is 286 g/mol. The molecule has 106 valence electrons. The van der Waals surface area contributed by atoms with Crippen LogP contribution in [0, 0.1) is 0 Å². The van der Waals surface area contributed by atoms with Gasteiger partial charge in [-0.1, -0.05) is 6.07 Å². The Morgan fingerprint density at radius 2 is 2.16 bits per heavy atom. The molecule has 1 amide bonds. The molecule has 1 aromatic rings. The average molecular weight is 287 g/mol. The Labute approximate surface area is 119 Å². The molecule has 1 saturated heterocycles. The van der Waals surface area contributed by atoms with E-state index in [9.17, 15) is 4.79 Å². The minimum absolute atomic E-state index is 0. The van der Waals surface area contributed by atoms with Crippen LogP contribution in [0.3, 0.4) is 0 Å². The SMILES string of the molecule is COc1cccc(C(=O)NC2CCNC2)c1OC.Cl. The number of ether oxygens (including phenoxy) is 2. The Kier molecular flexibility index (Phi) is 5.92. The van der Waals surface area contributed by atoms with Crippen molar-refractivity contribution in [1.82, 2.24) is 10.6 Å². The van der Waals surface area contributed by atoms with Gasteiger partial charge < -0.3 is 20.1 Å². The van der Waals surface area contributed by atoms with Crippen molar-refractivity contribution in [2.75, 3.05) is 27.3 Å². The molecule has 1 aliphatic heterocycles. The van der Waals surface area contributed by atoms with Gasteiger partial charge in [0, 0.05) is 12.6 Å². The van der Waals surface area contributed by atoms with Crippen LogP contribution < -0.4 is 20.1 Å². The van der Waals surface area contributed by atoms with Crippen molar-refractivity contribution in [1.29, 1.82) is 0 Å². The number of para-hydroxylation sites is 1. The van der Waals surface area contributed by atoms with Crippen molar-refractivity contribution in [3.05, 3.63) is 23.8 Å². The first-order valence-corrected chi connectivity index (χ1v) is 5.99. The summed E-state index contributed by atoms with van der Waals surface area (Å²) in [5, 5.41) is 6.19. The molecule has 2 N–H and O–H groups in total. The van der Waals surface area contributed by atoms with Gasteiger partial charge in [0.25, 0.3) is 5.91 Å². The number of amides is 1. The highest BCUT2D eigenvalue weighted by molar-refractivity contribution is 5.98. The van der Waals surface area contributed by atoms with E-state index in [-0.39, 0.29) is 24.4 Å². The van der Waals surface area contributed by atoms with Gasteiger partial charge in [-0.25, -0.2) is 0 Å². The van der Waals surface area contributed by atoms with Crippen LogP contribution >= 0.6 is 12.4 Å². The highest BCUT2D eigenvalue weighted by Gasteiger charge is 2.21. The van der Waals surface area contributed by atoms with Gasteiger partial charge >= 0.3 is 0 Å². The third kappa shape index (κ3) is 3.52. The van der Waals surface area contributed by atoms with E-state index in [1.165, 1.54) is 7.11 Å². The minimum atomic E-state index is -0.126. The Hall–Kier alpha value is -1.46. The maximum Gasteiger partial charge on any atom is 0.255 e. The van der Waals surface area contributed by atoms with Gasteiger partial charge in [-0.05, 0) is 25.1 Å². The number of hydrogen-bond acceptors (Lipinski definition) is 4. The molecular weight excluding hydrogens is 268 g/mol. The van der Waals surface area contributed by atoms with Gasteiger partial charge in [0.15, 0.2) is 11.5 Å². The van der Waals surface area contributed by atoms with Crippen LogP contribution in [0.25, 0.3) is 0 Å². The fourth-order valence-electron chi connectivity index (χ4n) is 2.11. The molecule has 0 radical (unpaired) electrons. The summed E-state index contributed by atoms with van der Waals surface area (Å²) in [6.45, 7) is 1.76. The van der Waals surface area contributed by atoms with Gasteiger partial charge in [-0.3, -0.25) is 4.79 Å².